The van der Waals surface area contributed by atoms with E-state index in [1.54, 1.807) is 6.07 Å². The molecule has 0 radical (unpaired) electrons. The van der Waals surface area contributed by atoms with Crippen LogP contribution in [0.15, 0.2) is 33.9 Å². The maximum Gasteiger partial charge on any atom is 0.348 e. The zero-order valence-corrected chi connectivity index (χ0v) is 17.4. The van der Waals surface area contributed by atoms with Gasteiger partial charge in [0, 0.05) is 23.7 Å². The molecule has 2 aromatic heterocycles. The van der Waals surface area contributed by atoms with Crippen LogP contribution in [0.25, 0.3) is 10.1 Å². The Morgan fingerprint density at radius 1 is 1.27 bits per heavy atom. The highest BCUT2D eigenvalue weighted by Gasteiger charge is 2.23. The Balaban J connectivity index is 1.86. The molecule has 2 heterocycles. The minimum absolute atomic E-state index is 0.0386. The van der Waals surface area contributed by atoms with Crippen molar-refractivity contribution < 1.29 is 18.7 Å². The van der Waals surface area contributed by atoms with Gasteiger partial charge in [0.2, 0.25) is 5.78 Å². The van der Waals surface area contributed by atoms with Crippen LogP contribution in [0.2, 0.25) is 0 Å². The second-order valence-electron chi connectivity index (χ2n) is 7.17. The van der Waals surface area contributed by atoms with Crippen LogP contribution in [0.3, 0.4) is 0 Å². The summed E-state index contributed by atoms with van der Waals surface area (Å²) < 4.78 is 21.3. The smallest absolute Gasteiger partial charge is 0.348 e. The van der Waals surface area contributed by atoms with E-state index < -0.39 is 41.0 Å². The molecule has 0 amide bonds. The standard InChI is InChI=1S/C20H20FN3O5S/c1-10(2)8-24-17(22)16(18(26)23(3)20(24)28)13(25)9-29-19(27)15-7-11-12(21)5-4-6-14(11)30-15/h4-7,10H,8-9,22H2,1-3H3. The highest BCUT2D eigenvalue weighted by Crippen LogP contribution is 2.28. The van der Waals surface area contributed by atoms with E-state index >= 15 is 0 Å². The van der Waals surface area contributed by atoms with Gasteiger partial charge in [-0.05, 0) is 24.1 Å². The molecule has 0 aliphatic rings. The minimum Gasteiger partial charge on any atom is -0.453 e. The summed E-state index contributed by atoms with van der Waals surface area (Å²) in [5.41, 5.74) is 4.04. The quantitative estimate of drug-likeness (QED) is 0.471. The van der Waals surface area contributed by atoms with Crippen LogP contribution in [0.4, 0.5) is 10.2 Å². The number of benzene rings is 1. The van der Waals surface area contributed by atoms with Crippen molar-refractivity contribution in [1.29, 1.82) is 0 Å². The van der Waals surface area contributed by atoms with Gasteiger partial charge in [-0.15, -0.1) is 11.3 Å². The maximum absolute atomic E-state index is 13.8. The van der Waals surface area contributed by atoms with Crippen LogP contribution in [0.5, 0.6) is 0 Å². The van der Waals surface area contributed by atoms with Gasteiger partial charge in [0.15, 0.2) is 6.61 Å². The Bertz CT molecular complexity index is 1270. The second-order valence-corrected chi connectivity index (χ2v) is 8.26. The van der Waals surface area contributed by atoms with Crippen LogP contribution < -0.4 is 17.0 Å². The largest absolute Gasteiger partial charge is 0.453 e. The lowest BCUT2D eigenvalue weighted by Gasteiger charge is -2.16. The Morgan fingerprint density at radius 3 is 2.60 bits per heavy atom. The third-order valence-electron chi connectivity index (χ3n) is 4.45. The molecule has 3 aromatic rings. The lowest BCUT2D eigenvalue weighted by molar-refractivity contribution is 0.0479. The van der Waals surface area contributed by atoms with E-state index in [1.807, 2.05) is 13.8 Å². The van der Waals surface area contributed by atoms with Crippen molar-refractivity contribution in [3.63, 3.8) is 0 Å². The summed E-state index contributed by atoms with van der Waals surface area (Å²) in [5, 5.41) is 0.277. The predicted octanol–water partition coefficient (Wildman–Crippen LogP) is 2.18. The number of fused-ring (bicyclic) bond motifs is 1. The topological polar surface area (TPSA) is 113 Å². The lowest BCUT2D eigenvalue weighted by Crippen LogP contribution is -2.43. The number of hydrogen-bond acceptors (Lipinski definition) is 7. The van der Waals surface area contributed by atoms with Gasteiger partial charge in [0.1, 0.15) is 22.1 Å². The van der Waals surface area contributed by atoms with E-state index in [4.69, 9.17) is 10.5 Å². The van der Waals surface area contributed by atoms with E-state index in [9.17, 15) is 23.6 Å². The molecule has 0 atom stereocenters. The molecule has 0 unspecified atom stereocenters. The van der Waals surface area contributed by atoms with Gasteiger partial charge in [-0.25, -0.2) is 14.0 Å². The number of esters is 1. The first-order chi connectivity index (χ1) is 14.1. The first kappa shape index (κ1) is 21.4. The molecule has 0 fully saturated rings. The van der Waals surface area contributed by atoms with Crippen molar-refractivity contribution in [2.45, 2.75) is 20.4 Å². The van der Waals surface area contributed by atoms with Crippen molar-refractivity contribution in [2.75, 3.05) is 12.3 Å². The number of rotatable bonds is 6. The number of carbonyl (C=O) groups is 2. The summed E-state index contributed by atoms with van der Waals surface area (Å²) in [4.78, 5) is 49.8. The summed E-state index contributed by atoms with van der Waals surface area (Å²) in [5.74, 6) is -2.35. The molecule has 0 aliphatic heterocycles. The molecule has 10 heteroatoms. The van der Waals surface area contributed by atoms with E-state index in [-0.39, 0.29) is 28.5 Å². The summed E-state index contributed by atoms with van der Waals surface area (Å²) >= 11 is 1.03. The number of thiophene rings is 1. The van der Waals surface area contributed by atoms with Crippen LogP contribution >= 0.6 is 11.3 Å². The van der Waals surface area contributed by atoms with Crippen molar-refractivity contribution in [3.05, 3.63) is 61.4 Å². The van der Waals surface area contributed by atoms with E-state index in [0.717, 1.165) is 20.5 Å². The van der Waals surface area contributed by atoms with Gasteiger partial charge in [-0.1, -0.05) is 19.9 Å². The first-order valence-corrected chi connectivity index (χ1v) is 9.91. The molecular weight excluding hydrogens is 413 g/mol. The molecule has 2 N–H and O–H groups in total. The summed E-state index contributed by atoms with van der Waals surface area (Å²) in [6.45, 7) is 3.18. The zero-order valence-electron chi connectivity index (χ0n) is 16.6. The van der Waals surface area contributed by atoms with E-state index in [2.05, 4.69) is 0 Å². The fourth-order valence-corrected chi connectivity index (χ4v) is 3.96. The minimum atomic E-state index is -0.859. The number of nitrogens with two attached hydrogens (primary N) is 1. The molecule has 0 aliphatic carbocycles. The van der Waals surface area contributed by atoms with Crippen molar-refractivity contribution in [1.82, 2.24) is 9.13 Å². The molecular formula is C20H20FN3O5S. The Labute approximate surface area is 174 Å². The SMILES string of the molecule is CC(C)Cn1c(N)c(C(=O)COC(=O)c2cc3c(F)cccc3s2)c(=O)n(C)c1=O. The Hall–Kier alpha value is -3.27. The summed E-state index contributed by atoms with van der Waals surface area (Å²) in [6, 6.07) is 5.81. The second kappa shape index (κ2) is 8.23. The fraction of sp³-hybridized carbons (Fsp3) is 0.300. The number of aromatic nitrogens is 2. The van der Waals surface area contributed by atoms with Crippen molar-refractivity contribution in [3.8, 4) is 0 Å². The average Bonchev–Trinajstić information content (AvgIpc) is 3.13. The normalized spacial score (nSPS) is 11.2. The first-order valence-electron chi connectivity index (χ1n) is 9.09. The van der Waals surface area contributed by atoms with Crippen LogP contribution in [0, 0.1) is 11.7 Å². The molecule has 158 valence electrons. The number of carbonyl (C=O) groups excluding carboxylic acids is 2. The molecule has 0 saturated carbocycles. The van der Waals surface area contributed by atoms with Gasteiger partial charge >= 0.3 is 11.7 Å². The van der Waals surface area contributed by atoms with E-state index in [0.29, 0.717) is 4.70 Å². The Morgan fingerprint density at radius 2 is 1.97 bits per heavy atom. The number of nitrogens with zero attached hydrogens (tertiary/aromatic N) is 2. The number of anilines is 1. The maximum atomic E-state index is 13.8. The highest BCUT2D eigenvalue weighted by atomic mass is 32.1. The van der Waals surface area contributed by atoms with Gasteiger partial charge in [-0.3, -0.25) is 18.7 Å². The van der Waals surface area contributed by atoms with Crippen LogP contribution in [-0.4, -0.2) is 27.5 Å². The molecule has 1 aromatic carbocycles. The van der Waals surface area contributed by atoms with Crippen molar-refractivity contribution in [2.24, 2.45) is 13.0 Å². The lowest BCUT2D eigenvalue weighted by atomic mass is 10.1. The van der Waals surface area contributed by atoms with Gasteiger partial charge < -0.3 is 10.5 Å². The summed E-state index contributed by atoms with van der Waals surface area (Å²) in [6.07, 6.45) is 0. The molecule has 30 heavy (non-hydrogen) atoms. The van der Waals surface area contributed by atoms with E-state index in [1.165, 1.54) is 25.2 Å². The summed E-state index contributed by atoms with van der Waals surface area (Å²) in [7, 11) is 1.25. The number of ether oxygens (including phenoxy) is 1. The van der Waals surface area contributed by atoms with Gasteiger partial charge in [-0.2, -0.15) is 0 Å². The molecule has 8 nitrogen and oxygen atoms in total. The zero-order chi connectivity index (χ0) is 22.2. The number of halogens is 1. The number of Topliss-reactive ketones (excluding diaryl/α,β-unsaturated/α-hetero) is 1. The average molecular weight is 433 g/mol. The number of hydrogen-bond donors (Lipinski definition) is 1. The van der Waals surface area contributed by atoms with Crippen LogP contribution in [0.1, 0.15) is 33.9 Å². The Kier molecular flexibility index (Phi) is 5.88. The molecule has 0 bridgehead atoms. The third-order valence-corrected chi connectivity index (χ3v) is 5.53. The van der Waals surface area contributed by atoms with Gasteiger partial charge in [0.25, 0.3) is 5.56 Å². The van der Waals surface area contributed by atoms with Crippen molar-refractivity contribution >= 4 is 39.0 Å². The predicted molar refractivity (Wildman–Crippen MR) is 112 cm³/mol. The third kappa shape index (κ3) is 3.90. The molecule has 3 rings (SSSR count). The monoisotopic (exact) mass is 433 g/mol. The number of nitrogen functional groups attached to an aromatic ring is 1. The number of ketones is 1. The molecule has 0 saturated heterocycles. The van der Waals surface area contributed by atoms with Crippen LogP contribution in [-0.2, 0) is 18.3 Å². The van der Waals surface area contributed by atoms with Gasteiger partial charge in [0.05, 0.1) is 0 Å². The fourth-order valence-electron chi connectivity index (χ4n) is 2.99. The highest BCUT2D eigenvalue weighted by molar-refractivity contribution is 7.20. The molecule has 0 spiro atoms.